The van der Waals surface area contributed by atoms with Crippen LogP contribution in [0, 0.1) is 10.1 Å². The van der Waals surface area contributed by atoms with Crippen LogP contribution in [0.15, 0.2) is 79.0 Å². The highest BCUT2D eigenvalue weighted by molar-refractivity contribution is 6.34. The van der Waals surface area contributed by atoms with Gasteiger partial charge in [-0.1, -0.05) is 60.1 Å². The fourth-order valence-corrected chi connectivity index (χ4v) is 3.65. The Bertz CT molecular complexity index is 1340. The monoisotopic (exact) mass is 463 g/mol. The van der Waals surface area contributed by atoms with E-state index in [1.54, 1.807) is 36.5 Å². The average Bonchev–Trinajstić information content (AvgIpc) is 3.22. The standard InChI is InChI=1S/C24H18ClN3O5/c25-19-13-17(28(31)32)10-11-21(19)27-24(30)23(15-6-2-1-3-7-15)33-22(29)12-16-14-26-20-9-5-4-8-18(16)20/h1-11,13-14,23,26H,12H2,(H,27,30). The molecule has 0 aliphatic rings. The van der Waals surface area contributed by atoms with Crippen LogP contribution in [0.2, 0.25) is 5.02 Å². The van der Waals surface area contributed by atoms with E-state index in [4.69, 9.17) is 16.3 Å². The Morgan fingerprint density at radius 3 is 2.52 bits per heavy atom. The van der Waals surface area contributed by atoms with Gasteiger partial charge in [-0.05, 0) is 17.7 Å². The number of amides is 1. The number of anilines is 1. The van der Waals surface area contributed by atoms with E-state index in [0.29, 0.717) is 5.56 Å². The lowest BCUT2D eigenvalue weighted by molar-refractivity contribution is -0.384. The SMILES string of the molecule is O=C(Cc1c[nH]c2ccccc12)OC(C(=O)Nc1ccc([N+](=O)[O-])cc1Cl)c1ccccc1. The molecule has 33 heavy (non-hydrogen) atoms. The Labute approximate surface area is 193 Å². The zero-order valence-electron chi connectivity index (χ0n) is 17.2. The zero-order valence-corrected chi connectivity index (χ0v) is 17.9. The summed E-state index contributed by atoms with van der Waals surface area (Å²) in [5.74, 6) is -1.22. The second-order valence-electron chi connectivity index (χ2n) is 7.23. The van der Waals surface area contributed by atoms with E-state index < -0.39 is 22.9 Å². The molecule has 3 aromatic carbocycles. The van der Waals surface area contributed by atoms with E-state index in [1.807, 2.05) is 24.3 Å². The first kappa shape index (κ1) is 22.0. The number of halogens is 1. The summed E-state index contributed by atoms with van der Waals surface area (Å²) in [6.45, 7) is 0. The van der Waals surface area contributed by atoms with Gasteiger partial charge in [0.1, 0.15) is 0 Å². The van der Waals surface area contributed by atoms with Gasteiger partial charge in [-0.15, -0.1) is 0 Å². The normalized spacial score (nSPS) is 11.7. The number of nitro groups is 1. The van der Waals surface area contributed by atoms with Crippen molar-refractivity contribution in [2.45, 2.75) is 12.5 Å². The van der Waals surface area contributed by atoms with E-state index in [2.05, 4.69) is 10.3 Å². The Kier molecular flexibility index (Phi) is 6.37. The summed E-state index contributed by atoms with van der Waals surface area (Å²) in [5, 5.41) is 14.4. The van der Waals surface area contributed by atoms with Gasteiger partial charge in [-0.3, -0.25) is 19.7 Å². The number of rotatable bonds is 7. The summed E-state index contributed by atoms with van der Waals surface area (Å²) in [5.41, 5.74) is 2.08. The first-order valence-electron chi connectivity index (χ1n) is 9.96. The van der Waals surface area contributed by atoms with Gasteiger partial charge < -0.3 is 15.0 Å². The van der Waals surface area contributed by atoms with Crippen LogP contribution in [0.3, 0.4) is 0 Å². The van der Waals surface area contributed by atoms with Crippen molar-refractivity contribution in [1.82, 2.24) is 4.98 Å². The second-order valence-corrected chi connectivity index (χ2v) is 7.63. The van der Waals surface area contributed by atoms with E-state index in [9.17, 15) is 19.7 Å². The number of para-hydroxylation sites is 1. The maximum atomic E-state index is 13.0. The summed E-state index contributed by atoms with van der Waals surface area (Å²) < 4.78 is 5.58. The highest BCUT2D eigenvalue weighted by Gasteiger charge is 2.26. The molecule has 0 saturated heterocycles. The van der Waals surface area contributed by atoms with Gasteiger partial charge in [0.05, 0.1) is 22.1 Å². The van der Waals surface area contributed by atoms with E-state index in [1.165, 1.54) is 12.1 Å². The number of hydrogen-bond acceptors (Lipinski definition) is 5. The van der Waals surface area contributed by atoms with Crippen LogP contribution in [0.5, 0.6) is 0 Å². The van der Waals surface area contributed by atoms with Gasteiger partial charge >= 0.3 is 5.97 Å². The molecule has 1 unspecified atom stereocenters. The zero-order chi connectivity index (χ0) is 23.4. The molecule has 0 saturated carbocycles. The number of non-ortho nitro benzene ring substituents is 1. The van der Waals surface area contributed by atoms with Crippen LogP contribution in [-0.2, 0) is 20.7 Å². The number of H-pyrrole nitrogens is 1. The lowest BCUT2D eigenvalue weighted by atomic mass is 10.1. The number of nitrogens with one attached hydrogen (secondary N) is 2. The largest absolute Gasteiger partial charge is 0.447 e. The van der Waals surface area contributed by atoms with E-state index in [0.717, 1.165) is 22.5 Å². The van der Waals surface area contributed by atoms with Gasteiger partial charge in [0.15, 0.2) is 0 Å². The molecule has 0 aliphatic heterocycles. The maximum Gasteiger partial charge on any atom is 0.311 e. The predicted molar refractivity (Wildman–Crippen MR) is 124 cm³/mol. The minimum atomic E-state index is -1.24. The molecule has 0 aliphatic carbocycles. The predicted octanol–water partition coefficient (Wildman–Crippen LogP) is 5.20. The number of ether oxygens (including phenoxy) is 1. The molecule has 4 aromatic rings. The van der Waals surface area contributed by atoms with Gasteiger partial charge in [0.2, 0.25) is 6.10 Å². The second kappa shape index (κ2) is 9.54. The van der Waals surface area contributed by atoms with Crippen molar-refractivity contribution in [3.63, 3.8) is 0 Å². The topological polar surface area (TPSA) is 114 Å². The fraction of sp³-hybridized carbons (Fsp3) is 0.0833. The van der Waals surface area contributed by atoms with Crippen molar-refractivity contribution in [2.75, 3.05) is 5.32 Å². The molecule has 1 amide bonds. The van der Waals surface area contributed by atoms with E-state index in [-0.39, 0.29) is 22.8 Å². The number of carbonyl (C=O) groups excluding carboxylic acids is 2. The van der Waals surface area contributed by atoms with Crippen LogP contribution in [0.25, 0.3) is 10.9 Å². The molecule has 0 fully saturated rings. The number of fused-ring (bicyclic) bond motifs is 1. The molecular weight excluding hydrogens is 446 g/mol. The first-order valence-corrected chi connectivity index (χ1v) is 10.3. The average molecular weight is 464 g/mol. The third kappa shape index (κ3) is 5.02. The molecule has 166 valence electrons. The summed E-state index contributed by atoms with van der Waals surface area (Å²) in [6, 6.07) is 19.8. The van der Waals surface area contributed by atoms with Crippen LogP contribution in [0.1, 0.15) is 17.2 Å². The van der Waals surface area contributed by atoms with Gasteiger partial charge in [-0.2, -0.15) is 0 Å². The summed E-state index contributed by atoms with van der Waals surface area (Å²) in [4.78, 5) is 39.2. The number of nitrogens with zero attached hydrogens (tertiary/aromatic N) is 1. The molecule has 2 N–H and O–H groups in total. The molecule has 8 nitrogen and oxygen atoms in total. The third-order valence-corrected chi connectivity index (χ3v) is 5.33. The van der Waals surface area contributed by atoms with Gasteiger partial charge in [-0.25, -0.2) is 0 Å². The number of benzene rings is 3. The number of nitro benzene ring substituents is 1. The highest BCUT2D eigenvalue weighted by Crippen LogP contribution is 2.29. The van der Waals surface area contributed by atoms with Crippen molar-refractivity contribution in [3.05, 3.63) is 105 Å². The minimum absolute atomic E-state index is 0.00511. The number of aromatic nitrogens is 1. The van der Waals surface area contributed by atoms with E-state index >= 15 is 0 Å². The summed E-state index contributed by atoms with van der Waals surface area (Å²) in [7, 11) is 0. The summed E-state index contributed by atoms with van der Waals surface area (Å²) >= 11 is 6.09. The Morgan fingerprint density at radius 1 is 1.06 bits per heavy atom. The van der Waals surface area contributed by atoms with Crippen molar-refractivity contribution in [1.29, 1.82) is 0 Å². The van der Waals surface area contributed by atoms with Crippen molar-refractivity contribution >= 4 is 45.8 Å². The van der Waals surface area contributed by atoms with Crippen LogP contribution in [0.4, 0.5) is 11.4 Å². The molecule has 0 radical (unpaired) electrons. The van der Waals surface area contributed by atoms with Crippen molar-refractivity contribution in [3.8, 4) is 0 Å². The fourth-order valence-electron chi connectivity index (χ4n) is 3.42. The lowest BCUT2D eigenvalue weighted by Gasteiger charge is -2.18. The number of hydrogen-bond donors (Lipinski definition) is 2. The molecule has 1 aromatic heterocycles. The number of aromatic amines is 1. The minimum Gasteiger partial charge on any atom is -0.447 e. The Hall–Kier alpha value is -4.17. The maximum absolute atomic E-state index is 13.0. The van der Waals surface area contributed by atoms with Gasteiger partial charge in [0.25, 0.3) is 11.6 Å². The van der Waals surface area contributed by atoms with Crippen LogP contribution < -0.4 is 5.32 Å². The van der Waals surface area contributed by atoms with Crippen molar-refractivity contribution in [2.24, 2.45) is 0 Å². The quantitative estimate of drug-likeness (QED) is 0.222. The number of esters is 1. The van der Waals surface area contributed by atoms with Gasteiger partial charge in [0, 0.05) is 34.8 Å². The molecule has 1 atom stereocenters. The number of carbonyl (C=O) groups is 2. The molecular formula is C24H18ClN3O5. The molecule has 4 rings (SSSR count). The first-order chi connectivity index (χ1) is 15.9. The van der Waals surface area contributed by atoms with Crippen molar-refractivity contribution < 1.29 is 19.2 Å². The van der Waals surface area contributed by atoms with Crippen LogP contribution >= 0.6 is 11.6 Å². The smallest absolute Gasteiger partial charge is 0.311 e. The Balaban J connectivity index is 1.54. The third-order valence-electron chi connectivity index (χ3n) is 5.02. The molecule has 1 heterocycles. The Morgan fingerprint density at radius 2 is 1.79 bits per heavy atom. The summed E-state index contributed by atoms with van der Waals surface area (Å²) in [6.07, 6.45) is 0.467. The highest BCUT2D eigenvalue weighted by atomic mass is 35.5. The van der Waals surface area contributed by atoms with Crippen LogP contribution in [-0.4, -0.2) is 21.8 Å². The lowest BCUT2D eigenvalue weighted by Crippen LogP contribution is -2.26. The molecule has 0 spiro atoms. The molecule has 9 heteroatoms. The molecule has 0 bridgehead atoms.